The van der Waals surface area contributed by atoms with E-state index in [1.807, 2.05) is 13.8 Å². The number of benzene rings is 1. The highest BCUT2D eigenvalue weighted by atomic mass is 19.4. The molecule has 0 unspecified atom stereocenters. The summed E-state index contributed by atoms with van der Waals surface area (Å²) in [6.45, 7) is 7.17. The zero-order chi connectivity index (χ0) is 25.0. The highest BCUT2D eigenvalue weighted by molar-refractivity contribution is 5.97. The smallest absolute Gasteiger partial charge is 0.337 e. The number of carbonyl (C=O) groups excluding carboxylic acids is 2. The second-order valence-electron chi connectivity index (χ2n) is 8.92. The van der Waals surface area contributed by atoms with Crippen molar-refractivity contribution >= 4 is 11.7 Å². The zero-order valence-corrected chi connectivity index (χ0v) is 19.6. The Morgan fingerprint density at radius 2 is 1.82 bits per heavy atom. The minimum absolute atomic E-state index is 0.0548. The van der Waals surface area contributed by atoms with Crippen molar-refractivity contribution in [2.45, 2.75) is 58.8 Å². The predicted molar refractivity (Wildman–Crippen MR) is 120 cm³/mol. The third-order valence-corrected chi connectivity index (χ3v) is 6.22. The Bertz CT molecular complexity index is 1040. The maximum atomic E-state index is 14.4. The Morgan fingerprint density at radius 3 is 2.44 bits per heavy atom. The first-order valence-corrected chi connectivity index (χ1v) is 11.3. The van der Waals surface area contributed by atoms with Crippen LogP contribution in [0.1, 0.15) is 52.5 Å². The Hall–Kier alpha value is -2.81. The number of pyridine rings is 1. The summed E-state index contributed by atoms with van der Waals surface area (Å²) in [6, 6.07) is 6.03. The number of hydrogen-bond donors (Lipinski definition) is 0. The van der Waals surface area contributed by atoms with Crippen molar-refractivity contribution in [3.8, 4) is 0 Å². The fourth-order valence-corrected chi connectivity index (χ4v) is 4.23. The zero-order valence-electron chi connectivity index (χ0n) is 19.6. The normalized spacial score (nSPS) is 17.1. The average Bonchev–Trinajstić information content (AvgIpc) is 2.75. The molecule has 0 bridgehead atoms. The van der Waals surface area contributed by atoms with Crippen LogP contribution < -0.4 is 0 Å². The van der Waals surface area contributed by atoms with Crippen LogP contribution in [0.5, 0.6) is 0 Å². The molecule has 0 radical (unpaired) electrons. The lowest BCUT2D eigenvalue weighted by molar-refractivity contribution is -0.151. The molecule has 34 heavy (non-hydrogen) atoms. The van der Waals surface area contributed by atoms with Crippen molar-refractivity contribution in [1.29, 1.82) is 0 Å². The number of carbonyl (C=O) groups is 2. The molecular weight excluding hydrogens is 450 g/mol. The molecule has 1 aliphatic heterocycles. The largest absolute Gasteiger partial charge is 0.389 e. The molecule has 1 aromatic carbocycles. The highest BCUT2D eigenvalue weighted by Gasteiger charge is 2.32. The van der Waals surface area contributed by atoms with E-state index in [9.17, 15) is 27.2 Å². The van der Waals surface area contributed by atoms with Gasteiger partial charge in [0.1, 0.15) is 5.82 Å². The van der Waals surface area contributed by atoms with E-state index in [-0.39, 0.29) is 18.2 Å². The monoisotopic (exact) mass is 479 g/mol. The van der Waals surface area contributed by atoms with Crippen molar-refractivity contribution in [3.05, 3.63) is 64.2 Å². The number of aromatic nitrogens is 1. The number of alkyl halides is 3. The summed E-state index contributed by atoms with van der Waals surface area (Å²) in [4.78, 5) is 32.6. The number of nitrogens with zero attached hydrogens (tertiary/aromatic N) is 3. The average molecular weight is 480 g/mol. The van der Waals surface area contributed by atoms with Crippen LogP contribution in [0.4, 0.5) is 17.6 Å². The summed E-state index contributed by atoms with van der Waals surface area (Å²) in [5, 5.41) is 0. The molecule has 5 nitrogen and oxygen atoms in total. The van der Waals surface area contributed by atoms with Gasteiger partial charge in [0.25, 0.3) is 0 Å². The Kier molecular flexibility index (Phi) is 8.07. The van der Waals surface area contributed by atoms with Crippen molar-refractivity contribution in [2.75, 3.05) is 19.6 Å². The summed E-state index contributed by atoms with van der Waals surface area (Å²) in [7, 11) is 0. The second-order valence-corrected chi connectivity index (χ2v) is 8.92. The van der Waals surface area contributed by atoms with Crippen LogP contribution in [0.15, 0.2) is 30.5 Å². The lowest BCUT2D eigenvalue weighted by Crippen LogP contribution is -2.53. The van der Waals surface area contributed by atoms with Crippen LogP contribution >= 0.6 is 0 Å². The van der Waals surface area contributed by atoms with Gasteiger partial charge in [-0.15, -0.1) is 0 Å². The Labute approximate surface area is 196 Å². The van der Waals surface area contributed by atoms with E-state index in [0.29, 0.717) is 37.3 Å². The topological polar surface area (TPSA) is 53.5 Å². The van der Waals surface area contributed by atoms with Crippen LogP contribution in [-0.2, 0) is 17.8 Å². The minimum Gasteiger partial charge on any atom is -0.337 e. The first-order valence-electron chi connectivity index (χ1n) is 11.3. The maximum Gasteiger partial charge on any atom is 0.389 e. The molecule has 1 aliphatic rings. The molecule has 1 aromatic heterocycles. The third kappa shape index (κ3) is 6.85. The molecular formula is C25H29F4N3O2. The molecule has 1 saturated heterocycles. The van der Waals surface area contributed by atoms with Gasteiger partial charge in [-0.3, -0.25) is 19.5 Å². The minimum atomic E-state index is -4.36. The van der Waals surface area contributed by atoms with Crippen LogP contribution in [0.2, 0.25) is 0 Å². The molecule has 2 aromatic rings. The summed E-state index contributed by atoms with van der Waals surface area (Å²) in [5.74, 6) is -1.08. The molecule has 0 N–H and O–H groups in total. The number of hydrogen-bond acceptors (Lipinski definition) is 4. The highest BCUT2D eigenvalue weighted by Crippen LogP contribution is 2.24. The van der Waals surface area contributed by atoms with Gasteiger partial charge in [-0.25, -0.2) is 4.39 Å². The van der Waals surface area contributed by atoms with Gasteiger partial charge in [-0.05, 0) is 61.7 Å². The third-order valence-electron chi connectivity index (χ3n) is 6.22. The molecule has 9 heteroatoms. The van der Waals surface area contributed by atoms with Crippen LogP contribution in [-0.4, -0.2) is 58.3 Å². The number of rotatable bonds is 7. The van der Waals surface area contributed by atoms with Crippen molar-refractivity contribution in [2.24, 2.45) is 0 Å². The number of amides is 1. The summed E-state index contributed by atoms with van der Waals surface area (Å²) in [6.07, 6.45) is -4.46. The van der Waals surface area contributed by atoms with E-state index in [2.05, 4.69) is 9.88 Å². The lowest BCUT2D eigenvalue weighted by Gasteiger charge is -2.40. The van der Waals surface area contributed by atoms with E-state index in [1.165, 1.54) is 23.2 Å². The predicted octanol–water partition coefficient (Wildman–Crippen LogP) is 4.64. The van der Waals surface area contributed by atoms with Crippen molar-refractivity contribution < 1.29 is 27.2 Å². The van der Waals surface area contributed by atoms with Crippen LogP contribution in [0.25, 0.3) is 0 Å². The Morgan fingerprint density at radius 1 is 1.12 bits per heavy atom. The van der Waals surface area contributed by atoms with E-state index in [0.717, 1.165) is 16.8 Å². The fraction of sp³-hybridized carbons (Fsp3) is 0.480. The molecule has 0 saturated carbocycles. The van der Waals surface area contributed by atoms with Crippen molar-refractivity contribution in [3.63, 3.8) is 0 Å². The molecule has 1 amide bonds. The van der Waals surface area contributed by atoms with E-state index >= 15 is 0 Å². The first-order chi connectivity index (χ1) is 15.9. The van der Waals surface area contributed by atoms with Gasteiger partial charge in [0.2, 0.25) is 5.91 Å². The van der Waals surface area contributed by atoms with Crippen LogP contribution in [0, 0.1) is 19.7 Å². The molecule has 184 valence electrons. The quantitative estimate of drug-likeness (QED) is 0.429. The summed E-state index contributed by atoms with van der Waals surface area (Å²) in [5.41, 5.74) is 3.45. The Balaban J connectivity index is 1.65. The van der Waals surface area contributed by atoms with E-state index in [1.54, 1.807) is 19.1 Å². The van der Waals surface area contributed by atoms with E-state index in [4.69, 9.17) is 0 Å². The molecule has 0 spiro atoms. The van der Waals surface area contributed by atoms with Gasteiger partial charge in [0.05, 0.1) is 6.42 Å². The van der Waals surface area contributed by atoms with Gasteiger partial charge in [0.15, 0.2) is 5.78 Å². The lowest BCUT2D eigenvalue weighted by atomic mass is 9.95. The summed E-state index contributed by atoms with van der Waals surface area (Å²) < 4.78 is 51.7. The van der Waals surface area contributed by atoms with Gasteiger partial charge >= 0.3 is 6.18 Å². The van der Waals surface area contributed by atoms with Gasteiger partial charge in [0, 0.05) is 62.5 Å². The summed E-state index contributed by atoms with van der Waals surface area (Å²) >= 11 is 0. The first kappa shape index (κ1) is 25.8. The molecule has 1 atom stereocenters. The van der Waals surface area contributed by atoms with Crippen molar-refractivity contribution in [1.82, 2.24) is 14.8 Å². The standard InChI is InChI=1S/C25H29F4N3O2/c1-16-4-5-19(13-30-16)23(33)12-20-10-22(26)11-21(18(20)3)15-31-8-9-32(17(2)14-31)24(34)6-7-25(27,28)29/h4-5,10-11,13,17H,6-9,12,14-15H2,1-3H3/t17-/m0/s1. The number of piperazine rings is 1. The van der Waals surface area contributed by atoms with Crippen LogP contribution in [0.3, 0.4) is 0 Å². The van der Waals surface area contributed by atoms with Gasteiger partial charge < -0.3 is 4.90 Å². The number of Topliss-reactive ketones (excluding diaryl/α,β-unsaturated/α-hetero) is 1. The second kappa shape index (κ2) is 10.6. The number of halogens is 4. The maximum absolute atomic E-state index is 14.4. The van der Waals surface area contributed by atoms with Gasteiger partial charge in [-0.2, -0.15) is 13.2 Å². The molecule has 0 aliphatic carbocycles. The molecule has 2 heterocycles. The van der Waals surface area contributed by atoms with E-state index < -0.39 is 30.7 Å². The van der Waals surface area contributed by atoms with Gasteiger partial charge in [-0.1, -0.05) is 0 Å². The molecule has 1 fully saturated rings. The molecule has 3 rings (SSSR count). The number of ketones is 1. The SMILES string of the molecule is Cc1ccc(C(=O)Cc2cc(F)cc(CN3CCN(C(=O)CCC(F)(F)F)[C@@H](C)C3)c2C)cn1. The number of aryl methyl sites for hydroxylation is 1. The fourth-order valence-electron chi connectivity index (χ4n) is 4.23.